The zero-order chi connectivity index (χ0) is 13.2. The van der Waals surface area contributed by atoms with Crippen LogP contribution < -0.4 is 5.32 Å². The van der Waals surface area contributed by atoms with Crippen LogP contribution in [-0.4, -0.2) is 27.9 Å². The highest BCUT2D eigenvalue weighted by Gasteiger charge is 2.21. The quantitative estimate of drug-likeness (QED) is 0.826. The highest BCUT2D eigenvalue weighted by atomic mass is 79.9. The van der Waals surface area contributed by atoms with Gasteiger partial charge >= 0.3 is 0 Å². The van der Waals surface area contributed by atoms with Gasteiger partial charge in [0.05, 0.1) is 0 Å². The Balaban J connectivity index is 2.02. The van der Waals surface area contributed by atoms with Crippen molar-refractivity contribution in [2.24, 2.45) is 0 Å². The molecule has 0 saturated carbocycles. The number of aromatic nitrogens is 3. The minimum Gasteiger partial charge on any atom is -0.316 e. The van der Waals surface area contributed by atoms with Gasteiger partial charge in [-0.3, -0.25) is 9.67 Å². The molecule has 19 heavy (non-hydrogen) atoms. The van der Waals surface area contributed by atoms with Gasteiger partial charge in [0.25, 0.3) is 0 Å². The molecule has 0 bridgehead atoms. The van der Waals surface area contributed by atoms with E-state index < -0.39 is 0 Å². The van der Waals surface area contributed by atoms with Crippen molar-refractivity contribution in [3.63, 3.8) is 0 Å². The second kappa shape index (κ2) is 5.56. The maximum atomic E-state index is 5.37. The zero-order valence-corrected chi connectivity index (χ0v) is 12.8. The lowest BCUT2D eigenvalue weighted by Gasteiger charge is -2.22. The Morgan fingerprint density at radius 3 is 2.79 bits per heavy atom. The molecule has 1 fully saturated rings. The molecule has 1 aliphatic rings. The maximum Gasteiger partial charge on any atom is 0.199 e. The molecule has 6 heteroatoms. The second-order valence-corrected chi connectivity index (χ2v) is 6.04. The molecule has 1 aliphatic heterocycles. The van der Waals surface area contributed by atoms with E-state index in [-0.39, 0.29) is 0 Å². The number of rotatable bonds is 2. The van der Waals surface area contributed by atoms with Gasteiger partial charge in [0.1, 0.15) is 5.82 Å². The molecular formula is C13H15BrN4S. The van der Waals surface area contributed by atoms with Crippen molar-refractivity contribution in [1.82, 2.24) is 20.1 Å². The van der Waals surface area contributed by atoms with E-state index in [1.165, 1.54) is 6.42 Å². The predicted molar refractivity (Wildman–Crippen MR) is 81.3 cm³/mol. The molecule has 1 atom stereocenters. The van der Waals surface area contributed by atoms with Crippen LogP contribution in [0.15, 0.2) is 28.7 Å². The highest BCUT2D eigenvalue weighted by molar-refractivity contribution is 9.10. The van der Waals surface area contributed by atoms with Crippen LogP contribution in [0.5, 0.6) is 0 Å². The first kappa shape index (κ1) is 13.0. The topological polar surface area (TPSA) is 45.6 Å². The number of nitrogens with one attached hydrogen (secondary N) is 2. The Labute approximate surface area is 125 Å². The fraction of sp³-hybridized carbons (Fsp3) is 0.385. The van der Waals surface area contributed by atoms with Crippen molar-refractivity contribution in [2.45, 2.75) is 18.8 Å². The summed E-state index contributed by atoms with van der Waals surface area (Å²) >= 11 is 8.82. The number of piperidine rings is 1. The number of halogens is 1. The average molecular weight is 339 g/mol. The normalized spacial score (nSPS) is 19.5. The van der Waals surface area contributed by atoms with Crippen LogP contribution in [0.3, 0.4) is 0 Å². The molecule has 2 aromatic rings. The van der Waals surface area contributed by atoms with E-state index in [0.29, 0.717) is 10.7 Å². The molecule has 0 radical (unpaired) electrons. The fourth-order valence-electron chi connectivity index (χ4n) is 2.49. The molecule has 0 amide bonds. The monoisotopic (exact) mass is 338 g/mol. The summed E-state index contributed by atoms with van der Waals surface area (Å²) in [4.78, 5) is 0. The van der Waals surface area contributed by atoms with Crippen LogP contribution in [0.4, 0.5) is 0 Å². The van der Waals surface area contributed by atoms with Crippen molar-refractivity contribution in [1.29, 1.82) is 0 Å². The van der Waals surface area contributed by atoms with Gasteiger partial charge < -0.3 is 5.32 Å². The Morgan fingerprint density at radius 1 is 1.32 bits per heavy atom. The van der Waals surface area contributed by atoms with Gasteiger partial charge in [-0.25, -0.2) is 0 Å². The van der Waals surface area contributed by atoms with Crippen molar-refractivity contribution >= 4 is 28.1 Å². The van der Waals surface area contributed by atoms with Crippen molar-refractivity contribution < 1.29 is 0 Å². The van der Waals surface area contributed by atoms with Gasteiger partial charge in [-0.15, -0.1) is 0 Å². The predicted octanol–water partition coefficient (Wildman–Crippen LogP) is 3.16. The number of hydrogen-bond donors (Lipinski definition) is 2. The lowest BCUT2D eigenvalue weighted by atomic mass is 9.99. The van der Waals surface area contributed by atoms with Crippen molar-refractivity contribution in [2.75, 3.05) is 13.1 Å². The molecule has 4 nitrogen and oxygen atoms in total. The third-order valence-corrected chi connectivity index (χ3v) is 4.25. The molecule has 100 valence electrons. The van der Waals surface area contributed by atoms with Gasteiger partial charge in [0, 0.05) is 22.6 Å². The van der Waals surface area contributed by atoms with E-state index in [1.807, 2.05) is 16.7 Å². The minimum atomic E-state index is 0.422. The number of H-pyrrole nitrogens is 1. The standard InChI is InChI=1S/C13H15BrN4S/c14-10-3-5-11(6-4-10)18-12(16-17-13(18)19)9-2-1-7-15-8-9/h3-6,9,15H,1-2,7-8H2,(H,17,19). The lowest BCUT2D eigenvalue weighted by Crippen LogP contribution is -2.29. The van der Waals surface area contributed by atoms with Crippen LogP contribution >= 0.6 is 28.1 Å². The Hall–Kier alpha value is -0.980. The van der Waals surface area contributed by atoms with Gasteiger partial charge in [-0.2, -0.15) is 5.10 Å². The lowest BCUT2D eigenvalue weighted by molar-refractivity contribution is 0.442. The molecule has 3 rings (SSSR count). The number of nitrogens with zero attached hydrogens (tertiary/aromatic N) is 2. The Bertz CT molecular complexity index is 610. The van der Waals surface area contributed by atoms with Gasteiger partial charge in [-0.05, 0) is 55.9 Å². The van der Waals surface area contributed by atoms with Crippen LogP contribution in [0.2, 0.25) is 0 Å². The second-order valence-electron chi connectivity index (χ2n) is 4.74. The van der Waals surface area contributed by atoms with Gasteiger partial charge in [0.15, 0.2) is 4.77 Å². The SMILES string of the molecule is S=c1[nH]nc(C2CCCNC2)n1-c1ccc(Br)cc1. The Morgan fingerprint density at radius 2 is 2.11 bits per heavy atom. The summed E-state index contributed by atoms with van der Waals surface area (Å²) in [6.45, 7) is 2.07. The van der Waals surface area contributed by atoms with Gasteiger partial charge in [-0.1, -0.05) is 15.9 Å². The summed E-state index contributed by atoms with van der Waals surface area (Å²) in [5, 5.41) is 10.8. The summed E-state index contributed by atoms with van der Waals surface area (Å²) in [5.41, 5.74) is 1.06. The van der Waals surface area contributed by atoms with E-state index in [9.17, 15) is 0 Å². The summed E-state index contributed by atoms with van der Waals surface area (Å²) in [6, 6.07) is 8.14. The molecule has 2 heterocycles. The highest BCUT2D eigenvalue weighted by Crippen LogP contribution is 2.24. The third-order valence-electron chi connectivity index (χ3n) is 3.45. The molecular weight excluding hydrogens is 324 g/mol. The first-order valence-corrected chi connectivity index (χ1v) is 7.60. The zero-order valence-electron chi connectivity index (χ0n) is 10.4. The minimum absolute atomic E-state index is 0.422. The van der Waals surface area contributed by atoms with E-state index in [4.69, 9.17) is 12.2 Å². The first-order valence-electron chi connectivity index (χ1n) is 6.39. The molecule has 1 saturated heterocycles. The van der Waals surface area contributed by atoms with E-state index >= 15 is 0 Å². The molecule has 1 aromatic heterocycles. The van der Waals surface area contributed by atoms with Crippen molar-refractivity contribution in [3.8, 4) is 5.69 Å². The van der Waals surface area contributed by atoms with E-state index in [1.54, 1.807) is 0 Å². The average Bonchev–Trinajstić information content (AvgIpc) is 2.83. The Kier molecular flexibility index (Phi) is 3.81. The molecule has 1 aromatic carbocycles. The first-order chi connectivity index (χ1) is 9.25. The van der Waals surface area contributed by atoms with E-state index in [0.717, 1.165) is 35.5 Å². The van der Waals surface area contributed by atoms with Crippen LogP contribution in [0.25, 0.3) is 5.69 Å². The molecule has 2 N–H and O–H groups in total. The number of benzene rings is 1. The molecule has 0 aliphatic carbocycles. The number of hydrogen-bond acceptors (Lipinski definition) is 3. The summed E-state index contributed by atoms with van der Waals surface area (Å²) in [5.74, 6) is 1.45. The largest absolute Gasteiger partial charge is 0.316 e. The number of aromatic amines is 1. The summed E-state index contributed by atoms with van der Waals surface area (Å²) < 4.78 is 3.76. The molecule has 0 spiro atoms. The third kappa shape index (κ3) is 2.66. The van der Waals surface area contributed by atoms with Crippen molar-refractivity contribution in [3.05, 3.63) is 39.3 Å². The molecule has 1 unspecified atom stereocenters. The fourth-order valence-corrected chi connectivity index (χ4v) is 3.00. The van der Waals surface area contributed by atoms with Crippen LogP contribution in [-0.2, 0) is 0 Å². The summed E-state index contributed by atoms with van der Waals surface area (Å²) in [7, 11) is 0. The van der Waals surface area contributed by atoms with Crippen LogP contribution in [0.1, 0.15) is 24.6 Å². The van der Waals surface area contributed by atoms with E-state index in [2.05, 4.69) is 43.6 Å². The summed E-state index contributed by atoms with van der Waals surface area (Å²) in [6.07, 6.45) is 2.34. The maximum absolute atomic E-state index is 5.37. The van der Waals surface area contributed by atoms with Gasteiger partial charge in [0.2, 0.25) is 0 Å². The smallest absolute Gasteiger partial charge is 0.199 e. The van der Waals surface area contributed by atoms with Crippen LogP contribution in [0, 0.1) is 4.77 Å².